The van der Waals surface area contributed by atoms with Gasteiger partial charge in [0, 0.05) is 18.7 Å². The molecule has 0 spiro atoms. The van der Waals surface area contributed by atoms with Crippen LogP contribution >= 0.6 is 0 Å². The Balaban J connectivity index is 2.18. The largest absolute Gasteiger partial charge is 0.497 e. The van der Waals surface area contributed by atoms with Gasteiger partial charge in [0.2, 0.25) is 0 Å². The van der Waals surface area contributed by atoms with Crippen LogP contribution in [-0.2, 0) is 4.79 Å². The van der Waals surface area contributed by atoms with Crippen molar-refractivity contribution in [1.82, 2.24) is 15.5 Å². The lowest BCUT2D eigenvalue weighted by molar-refractivity contribution is -0.117. The molecule has 0 heterocycles. The first-order valence-corrected chi connectivity index (χ1v) is 9.80. The molecule has 29 heavy (non-hydrogen) atoms. The average Bonchev–Trinajstić information content (AvgIpc) is 2.76. The number of carbonyl (C=O) groups excluding carboxylic acids is 2. The number of nitrogens with one attached hydrogen (secondary N) is 2. The van der Waals surface area contributed by atoms with Gasteiger partial charge in [-0.25, -0.2) is 0 Å². The highest BCUT2D eigenvalue weighted by atomic mass is 16.5. The van der Waals surface area contributed by atoms with Gasteiger partial charge >= 0.3 is 0 Å². The maximum absolute atomic E-state index is 12.8. The fourth-order valence-corrected chi connectivity index (χ4v) is 2.80. The lowest BCUT2D eigenvalue weighted by atomic mass is 10.1. The van der Waals surface area contributed by atoms with E-state index in [0.717, 1.165) is 25.2 Å². The van der Waals surface area contributed by atoms with Crippen molar-refractivity contribution >= 4 is 17.9 Å². The summed E-state index contributed by atoms with van der Waals surface area (Å²) in [6.45, 7) is 7.25. The van der Waals surface area contributed by atoms with E-state index in [4.69, 9.17) is 4.74 Å². The zero-order valence-corrected chi connectivity index (χ0v) is 17.3. The van der Waals surface area contributed by atoms with Crippen LogP contribution in [0.1, 0.15) is 29.8 Å². The van der Waals surface area contributed by atoms with Crippen molar-refractivity contribution in [3.63, 3.8) is 0 Å². The molecule has 154 valence electrons. The SMILES string of the molecule is CCN(CC)CCNC(=O)/C(=C/c1cccc(OC)c1)NC(=O)c1ccccc1. The molecule has 0 fully saturated rings. The molecule has 2 N–H and O–H groups in total. The van der Waals surface area contributed by atoms with Gasteiger partial charge in [0.15, 0.2) is 0 Å². The Labute approximate surface area is 172 Å². The Hall–Kier alpha value is -3.12. The number of likely N-dealkylation sites (N-methyl/N-ethyl adjacent to an activating group) is 1. The Kier molecular flexibility index (Phi) is 8.92. The maximum Gasteiger partial charge on any atom is 0.267 e. The van der Waals surface area contributed by atoms with Crippen LogP contribution in [0.15, 0.2) is 60.3 Å². The minimum absolute atomic E-state index is 0.187. The van der Waals surface area contributed by atoms with Gasteiger partial charge in [0.05, 0.1) is 7.11 Å². The second-order valence-electron chi connectivity index (χ2n) is 6.44. The first-order valence-electron chi connectivity index (χ1n) is 9.80. The number of carbonyl (C=O) groups is 2. The molecule has 6 nitrogen and oxygen atoms in total. The Morgan fingerprint density at radius 2 is 1.76 bits per heavy atom. The fourth-order valence-electron chi connectivity index (χ4n) is 2.80. The quantitative estimate of drug-likeness (QED) is 0.607. The van der Waals surface area contributed by atoms with Crippen molar-refractivity contribution in [2.24, 2.45) is 0 Å². The molecule has 0 bridgehead atoms. The van der Waals surface area contributed by atoms with E-state index in [2.05, 4.69) is 29.4 Å². The van der Waals surface area contributed by atoms with Crippen molar-refractivity contribution in [1.29, 1.82) is 0 Å². The van der Waals surface area contributed by atoms with Gasteiger partial charge in [-0.05, 0) is 49.0 Å². The maximum atomic E-state index is 12.8. The van der Waals surface area contributed by atoms with Crippen molar-refractivity contribution in [3.05, 3.63) is 71.4 Å². The molecule has 0 aliphatic rings. The van der Waals surface area contributed by atoms with Crippen molar-refractivity contribution in [2.45, 2.75) is 13.8 Å². The summed E-state index contributed by atoms with van der Waals surface area (Å²) in [6.07, 6.45) is 1.65. The molecule has 2 aromatic carbocycles. The number of hydrogen-bond acceptors (Lipinski definition) is 4. The zero-order valence-electron chi connectivity index (χ0n) is 17.3. The van der Waals surface area contributed by atoms with Crippen LogP contribution < -0.4 is 15.4 Å². The predicted molar refractivity (Wildman–Crippen MR) is 116 cm³/mol. The van der Waals surface area contributed by atoms with E-state index in [1.807, 2.05) is 24.3 Å². The Morgan fingerprint density at radius 1 is 1.03 bits per heavy atom. The molecule has 6 heteroatoms. The fraction of sp³-hybridized carbons (Fsp3) is 0.304. The highest BCUT2D eigenvalue weighted by molar-refractivity contribution is 6.05. The van der Waals surface area contributed by atoms with Gasteiger partial charge in [0.1, 0.15) is 11.4 Å². The lowest BCUT2D eigenvalue weighted by Crippen LogP contribution is -2.39. The monoisotopic (exact) mass is 395 g/mol. The van der Waals surface area contributed by atoms with Gasteiger partial charge in [0.25, 0.3) is 11.8 Å². The number of hydrogen-bond donors (Lipinski definition) is 2. The normalized spacial score (nSPS) is 11.2. The predicted octanol–water partition coefficient (Wildman–Crippen LogP) is 2.92. The van der Waals surface area contributed by atoms with E-state index in [1.165, 1.54) is 0 Å². The van der Waals surface area contributed by atoms with Crippen LogP contribution in [-0.4, -0.2) is 50.0 Å². The topological polar surface area (TPSA) is 70.7 Å². The molecule has 0 aromatic heterocycles. The third-order valence-electron chi connectivity index (χ3n) is 4.54. The highest BCUT2D eigenvalue weighted by Gasteiger charge is 2.15. The number of amides is 2. The van der Waals surface area contributed by atoms with Gasteiger partial charge < -0.3 is 20.3 Å². The zero-order chi connectivity index (χ0) is 21.1. The standard InChI is InChI=1S/C23H29N3O3/c1-4-26(5-2)15-14-24-23(28)21(17-18-10-9-13-20(16-18)29-3)25-22(27)19-11-7-6-8-12-19/h6-13,16-17H,4-5,14-15H2,1-3H3,(H,24,28)(H,25,27)/b21-17-. The number of benzene rings is 2. The molecular weight excluding hydrogens is 366 g/mol. The lowest BCUT2D eigenvalue weighted by Gasteiger charge is -2.18. The molecule has 2 aromatic rings. The first-order chi connectivity index (χ1) is 14.1. The summed E-state index contributed by atoms with van der Waals surface area (Å²) < 4.78 is 5.24. The highest BCUT2D eigenvalue weighted by Crippen LogP contribution is 2.15. The summed E-state index contributed by atoms with van der Waals surface area (Å²) in [5.74, 6) is 0.0114. The molecule has 0 atom stereocenters. The summed E-state index contributed by atoms with van der Waals surface area (Å²) in [5, 5.41) is 5.63. The number of methoxy groups -OCH3 is 1. The van der Waals surface area contributed by atoms with E-state index in [9.17, 15) is 9.59 Å². The Bertz CT molecular complexity index is 830. The van der Waals surface area contributed by atoms with Gasteiger partial charge in [-0.2, -0.15) is 0 Å². The third kappa shape index (κ3) is 7.08. The Morgan fingerprint density at radius 3 is 2.41 bits per heavy atom. The van der Waals surface area contributed by atoms with Crippen molar-refractivity contribution < 1.29 is 14.3 Å². The van der Waals surface area contributed by atoms with Gasteiger partial charge in [-0.1, -0.05) is 44.2 Å². The smallest absolute Gasteiger partial charge is 0.267 e. The second-order valence-corrected chi connectivity index (χ2v) is 6.44. The molecular formula is C23H29N3O3. The summed E-state index contributed by atoms with van der Waals surface area (Å²) in [6, 6.07) is 16.1. The molecule has 0 saturated heterocycles. The van der Waals surface area contributed by atoms with E-state index >= 15 is 0 Å². The minimum Gasteiger partial charge on any atom is -0.497 e. The van der Waals surface area contributed by atoms with Crippen LogP contribution in [0.3, 0.4) is 0 Å². The molecule has 0 radical (unpaired) electrons. The third-order valence-corrected chi connectivity index (χ3v) is 4.54. The van der Waals surface area contributed by atoms with Gasteiger partial charge in [-0.15, -0.1) is 0 Å². The van der Waals surface area contributed by atoms with Gasteiger partial charge in [-0.3, -0.25) is 9.59 Å². The first kappa shape index (κ1) is 22.2. The molecule has 0 aliphatic carbocycles. The summed E-state index contributed by atoms with van der Waals surface area (Å²) >= 11 is 0. The molecule has 2 rings (SSSR count). The van der Waals surface area contributed by atoms with Crippen LogP contribution in [0.25, 0.3) is 6.08 Å². The van der Waals surface area contributed by atoms with E-state index in [0.29, 0.717) is 17.9 Å². The van der Waals surface area contributed by atoms with Crippen LogP contribution in [0, 0.1) is 0 Å². The van der Waals surface area contributed by atoms with E-state index in [1.54, 1.807) is 43.5 Å². The minimum atomic E-state index is -0.335. The number of rotatable bonds is 10. The summed E-state index contributed by atoms with van der Waals surface area (Å²) in [7, 11) is 1.58. The second kappa shape index (κ2) is 11.7. The summed E-state index contributed by atoms with van der Waals surface area (Å²) in [5.41, 5.74) is 1.43. The molecule has 2 amide bonds. The number of nitrogens with zero attached hydrogens (tertiary/aromatic N) is 1. The molecule has 0 aliphatic heterocycles. The van der Waals surface area contributed by atoms with Crippen LogP contribution in [0.5, 0.6) is 5.75 Å². The number of ether oxygens (including phenoxy) is 1. The van der Waals surface area contributed by atoms with Crippen molar-refractivity contribution in [3.8, 4) is 5.75 Å². The van der Waals surface area contributed by atoms with E-state index in [-0.39, 0.29) is 17.5 Å². The summed E-state index contributed by atoms with van der Waals surface area (Å²) in [4.78, 5) is 27.6. The molecule has 0 saturated carbocycles. The van der Waals surface area contributed by atoms with Crippen LogP contribution in [0.4, 0.5) is 0 Å². The average molecular weight is 396 g/mol. The van der Waals surface area contributed by atoms with Crippen molar-refractivity contribution in [2.75, 3.05) is 33.3 Å². The van der Waals surface area contributed by atoms with E-state index < -0.39 is 0 Å². The van der Waals surface area contributed by atoms with Crippen LogP contribution in [0.2, 0.25) is 0 Å². The molecule has 0 unspecified atom stereocenters.